The monoisotopic (exact) mass is 379 g/mol. The first-order valence-corrected chi connectivity index (χ1v) is 9.02. The zero-order valence-electron chi connectivity index (χ0n) is 13.3. The fraction of sp³-hybridized carbons (Fsp3) is 0.556. The van der Waals surface area contributed by atoms with Crippen molar-refractivity contribution in [1.29, 1.82) is 0 Å². The molecular formula is C18H22BrNO3. The van der Waals surface area contributed by atoms with Gasteiger partial charge < -0.3 is 10.1 Å². The maximum Gasteiger partial charge on any atom is 0.306 e. The summed E-state index contributed by atoms with van der Waals surface area (Å²) in [6, 6.07) is 5.67. The number of carbonyl (C=O) groups excluding carboxylic acids is 2. The molecule has 5 heteroatoms. The number of esters is 1. The predicted molar refractivity (Wildman–Crippen MR) is 92.0 cm³/mol. The quantitative estimate of drug-likeness (QED) is 0.784. The Bertz CT molecular complexity index is 616. The summed E-state index contributed by atoms with van der Waals surface area (Å²) in [5.74, 6) is 1.43. The zero-order valence-corrected chi connectivity index (χ0v) is 14.9. The van der Waals surface area contributed by atoms with E-state index in [1.807, 2.05) is 25.1 Å². The molecule has 1 aromatic carbocycles. The first-order chi connectivity index (χ1) is 11.0. The molecule has 3 rings (SSSR count). The molecule has 124 valence electrons. The van der Waals surface area contributed by atoms with Crippen LogP contribution in [-0.4, -0.2) is 18.5 Å². The standard InChI is InChI=1S/C18H22BrNO3/c1-11-2-5-16(15(19)6-11)20-17(21)10-23-18(22)9-14-8-12-3-4-13(14)7-12/h2,5-6,12-14H,3-4,7-10H2,1H3,(H,20,21)/t12-,13+,14-/m0/s1. The fourth-order valence-corrected chi connectivity index (χ4v) is 4.55. The van der Waals surface area contributed by atoms with E-state index < -0.39 is 0 Å². The second-order valence-corrected chi connectivity index (χ2v) is 7.69. The van der Waals surface area contributed by atoms with Gasteiger partial charge in [0, 0.05) is 10.9 Å². The Hall–Kier alpha value is -1.36. The lowest BCUT2D eigenvalue weighted by atomic mass is 9.86. The zero-order chi connectivity index (χ0) is 16.4. The highest BCUT2D eigenvalue weighted by molar-refractivity contribution is 9.10. The number of hydrogen-bond donors (Lipinski definition) is 1. The molecule has 4 nitrogen and oxygen atoms in total. The van der Waals surface area contributed by atoms with Gasteiger partial charge >= 0.3 is 5.97 Å². The lowest BCUT2D eigenvalue weighted by Gasteiger charge is -2.20. The van der Waals surface area contributed by atoms with E-state index in [1.165, 1.54) is 19.3 Å². The smallest absolute Gasteiger partial charge is 0.306 e. The van der Waals surface area contributed by atoms with Crippen molar-refractivity contribution >= 4 is 33.5 Å². The van der Waals surface area contributed by atoms with Crippen LogP contribution in [0.2, 0.25) is 0 Å². The number of aryl methyl sites for hydroxylation is 1. The highest BCUT2D eigenvalue weighted by Crippen LogP contribution is 2.49. The van der Waals surface area contributed by atoms with E-state index in [1.54, 1.807) is 0 Å². The van der Waals surface area contributed by atoms with Crippen molar-refractivity contribution in [2.45, 2.75) is 39.0 Å². The molecule has 0 radical (unpaired) electrons. The maximum absolute atomic E-state index is 11.9. The number of carbonyl (C=O) groups is 2. The highest BCUT2D eigenvalue weighted by Gasteiger charge is 2.40. The first-order valence-electron chi connectivity index (χ1n) is 8.23. The molecule has 2 aliphatic rings. The molecule has 1 N–H and O–H groups in total. The minimum atomic E-state index is -0.309. The molecule has 2 aliphatic carbocycles. The molecule has 2 bridgehead atoms. The van der Waals surface area contributed by atoms with Crippen molar-refractivity contribution in [3.63, 3.8) is 0 Å². The van der Waals surface area contributed by atoms with Crippen molar-refractivity contribution in [1.82, 2.24) is 0 Å². The lowest BCUT2D eigenvalue weighted by Crippen LogP contribution is -2.23. The Morgan fingerprint density at radius 3 is 2.78 bits per heavy atom. The number of nitrogens with one attached hydrogen (secondary N) is 1. The largest absolute Gasteiger partial charge is 0.456 e. The fourth-order valence-electron chi connectivity index (χ4n) is 3.95. The van der Waals surface area contributed by atoms with Crippen molar-refractivity contribution in [2.24, 2.45) is 17.8 Å². The number of amides is 1. The number of halogens is 1. The van der Waals surface area contributed by atoms with E-state index in [-0.39, 0.29) is 18.5 Å². The van der Waals surface area contributed by atoms with Crippen LogP contribution < -0.4 is 5.32 Å². The summed E-state index contributed by atoms with van der Waals surface area (Å²) in [5, 5.41) is 2.75. The van der Waals surface area contributed by atoms with Gasteiger partial charge in [0.1, 0.15) is 0 Å². The van der Waals surface area contributed by atoms with Gasteiger partial charge in [-0.1, -0.05) is 12.5 Å². The van der Waals surface area contributed by atoms with Gasteiger partial charge in [-0.05, 0) is 77.6 Å². The maximum atomic E-state index is 11.9. The Morgan fingerprint density at radius 2 is 2.13 bits per heavy atom. The summed E-state index contributed by atoms with van der Waals surface area (Å²) in [4.78, 5) is 23.8. The number of anilines is 1. The molecule has 0 unspecified atom stereocenters. The van der Waals surface area contributed by atoms with E-state index in [2.05, 4.69) is 21.2 Å². The third-order valence-electron chi connectivity index (χ3n) is 5.08. The molecule has 0 aromatic heterocycles. The van der Waals surface area contributed by atoms with E-state index >= 15 is 0 Å². The van der Waals surface area contributed by atoms with Crippen molar-refractivity contribution in [2.75, 3.05) is 11.9 Å². The number of ether oxygens (including phenoxy) is 1. The number of benzene rings is 1. The number of hydrogen-bond acceptors (Lipinski definition) is 3. The molecule has 23 heavy (non-hydrogen) atoms. The SMILES string of the molecule is Cc1ccc(NC(=O)COC(=O)C[C@@H]2C[C@H]3CC[C@@H]2C3)c(Br)c1. The van der Waals surface area contributed by atoms with Gasteiger partial charge in [0.05, 0.1) is 5.69 Å². The summed E-state index contributed by atoms with van der Waals surface area (Å²) in [7, 11) is 0. The van der Waals surface area contributed by atoms with Gasteiger partial charge in [-0.3, -0.25) is 9.59 Å². The minimum Gasteiger partial charge on any atom is -0.456 e. The molecule has 2 saturated carbocycles. The Morgan fingerprint density at radius 1 is 1.30 bits per heavy atom. The molecule has 0 heterocycles. The van der Waals surface area contributed by atoms with E-state index in [4.69, 9.17) is 4.74 Å². The van der Waals surface area contributed by atoms with Crippen LogP contribution in [0.4, 0.5) is 5.69 Å². The van der Waals surface area contributed by atoms with Crippen molar-refractivity contribution in [3.8, 4) is 0 Å². The summed E-state index contributed by atoms with van der Waals surface area (Å²) in [5.41, 5.74) is 1.79. The van der Waals surface area contributed by atoms with Crippen LogP contribution in [0.5, 0.6) is 0 Å². The average Bonchev–Trinajstić information content (AvgIpc) is 3.11. The molecule has 0 spiro atoms. The Labute approximate surface area is 145 Å². The number of fused-ring (bicyclic) bond motifs is 2. The van der Waals surface area contributed by atoms with Crippen LogP contribution in [0.1, 0.15) is 37.7 Å². The third kappa shape index (κ3) is 4.14. The molecule has 2 fully saturated rings. The first kappa shape index (κ1) is 16.5. The molecule has 1 amide bonds. The molecule has 0 aliphatic heterocycles. The summed E-state index contributed by atoms with van der Waals surface area (Å²) in [6.07, 6.45) is 5.47. The molecule has 1 aromatic rings. The van der Waals surface area contributed by atoms with Crippen LogP contribution in [0, 0.1) is 24.7 Å². The Kier molecular flexibility index (Phi) is 5.05. The lowest BCUT2D eigenvalue weighted by molar-refractivity contribution is -0.148. The van der Waals surface area contributed by atoms with Gasteiger partial charge in [-0.15, -0.1) is 0 Å². The van der Waals surface area contributed by atoms with E-state index in [0.717, 1.165) is 22.4 Å². The Balaban J connectivity index is 1.42. The van der Waals surface area contributed by atoms with Crippen LogP contribution in [0.25, 0.3) is 0 Å². The molecular weight excluding hydrogens is 358 g/mol. The van der Waals surface area contributed by atoms with Crippen LogP contribution in [0.3, 0.4) is 0 Å². The second kappa shape index (κ2) is 7.04. The van der Waals surface area contributed by atoms with Crippen molar-refractivity contribution < 1.29 is 14.3 Å². The number of rotatable bonds is 5. The second-order valence-electron chi connectivity index (χ2n) is 6.83. The predicted octanol–water partition coefficient (Wildman–Crippen LogP) is 4.07. The molecule has 3 atom stereocenters. The summed E-state index contributed by atoms with van der Waals surface area (Å²) >= 11 is 3.41. The van der Waals surface area contributed by atoms with Gasteiger partial charge in [-0.2, -0.15) is 0 Å². The average molecular weight is 380 g/mol. The van der Waals surface area contributed by atoms with E-state index in [9.17, 15) is 9.59 Å². The van der Waals surface area contributed by atoms with Gasteiger partial charge in [0.15, 0.2) is 6.61 Å². The normalized spacial score (nSPS) is 25.4. The minimum absolute atomic E-state index is 0.222. The van der Waals surface area contributed by atoms with Gasteiger partial charge in [0.2, 0.25) is 0 Å². The summed E-state index contributed by atoms with van der Waals surface area (Å²) in [6.45, 7) is 1.76. The van der Waals surface area contributed by atoms with E-state index in [0.29, 0.717) is 23.9 Å². The van der Waals surface area contributed by atoms with Crippen LogP contribution >= 0.6 is 15.9 Å². The third-order valence-corrected chi connectivity index (χ3v) is 5.73. The van der Waals surface area contributed by atoms with Crippen LogP contribution in [-0.2, 0) is 14.3 Å². The van der Waals surface area contributed by atoms with Crippen LogP contribution in [0.15, 0.2) is 22.7 Å². The summed E-state index contributed by atoms with van der Waals surface area (Å²) < 4.78 is 5.96. The topological polar surface area (TPSA) is 55.4 Å². The van der Waals surface area contributed by atoms with Gasteiger partial charge in [-0.25, -0.2) is 0 Å². The molecule has 0 saturated heterocycles. The van der Waals surface area contributed by atoms with Gasteiger partial charge in [0.25, 0.3) is 5.91 Å². The highest BCUT2D eigenvalue weighted by atomic mass is 79.9. The van der Waals surface area contributed by atoms with Crippen molar-refractivity contribution in [3.05, 3.63) is 28.2 Å².